The Morgan fingerprint density at radius 2 is 2.40 bits per heavy atom. The van der Waals surface area contributed by atoms with Crippen molar-refractivity contribution in [2.75, 3.05) is 26.2 Å². The average Bonchev–Trinajstić information content (AvgIpc) is 3.14. The van der Waals surface area contributed by atoms with Gasteiger partial charge in [-0.3, -0.25) is 9.89 Å². The highest BCUT2D eigenvalue weighted by atomic mass is 32.1. The lowest BCUT2D eigenvalue weighted by molar-refractivity contribution is 0.263. The molecule has 1 aromatic rings. The third-order valence-electron chi connectivity index (χ3n) is 3.84. The van der Waals surface area contributed by atoms with E-state index in [0.717, 1.165) is 32.1 Å². The van der Waals surface area contributed by atoms with Crippen molar-refractivity contribution in [2.45, 2.75) is 38.8 Å². The van der Waals surface area contributed by atoms with Crippen LogP contribution in [0.15, 0.2) is 16.4 Å². The second kappa shape index (κ2) is 6.59. The molecule has 20 heavy (non-hydrogen) atoms. The third kappa shape index (κ3) is 3.73. The van der Waals surface area contributed by atoms with Crippen LogP contribution in [-0.2, 0) is 13.0 Å². The fourth-order valence-corrected chi connectivity index (χ4v) is 3.43. The van der Waals surface area contributed by atoms with Crippen LogP contribution in [-0.4, -0.2) is 43.1 Å². The summed E-state index contributed by atoms with van der Waals surface area (Å²) in [6.07, 6.45) is 3.78. The number of hydrogen-bond donors (Lipinski definition) is 2. The summed E-state index contributed by atoms with van der Waals surface area (Å²) in [4.78, 5) is 8.78. The smallest absolute Gasteiger partial charge is 0.191 e. The van der Waals surface area contributed by atoms with Gasteiger partial charge in [0.2, 0.25) is 0 Å². The molecule has 1 fully saturated rings. The summed E-state index contributed by atoms with van der Waals surface area (Å²) in [6, 6.07) is 2.94. The zero-order valence-corrected chi connectivity index (χ0v) is 13.0. The number of nitrogens with zero attached hydrogens (tertiary/aromatic N) is 2. The van der Waals surface area contributed by atoms with Crippen LogP contribution in [0, 0.1) is 0 Å². The topological polar surface area (TPSA) is 39.7 Å². The Hall–Kier alpha value is -1.07. The van der Waals surface area contributed by atoms with Crippen molar-refractivity contribution >= 4 is 17.3 Å². The zero-order valence-electron chi connectivity index (χ0n) is 12.2. The molecule has 0 unspecified atom stereocenters. The summed E-state index contributed by atoms with van der Waals surface area (Å²) in [5.41, 5.74) is 1.52. The number of aliphatic imine (C=N–C) groups is 1. The van der Waals surface area contributed by atoms with Gasteiger partial charge in [-0.05, 0) is 43.2 Å². The molecule has 5 heteroatoms. The average molecular weight is 292 g/mol. The van der Waals surface area contributed by atoms with Crippen LogP contribution < -0.4 is 10.6 Å². The van der Waals surface area contributed by atoms with Gasteiger partial charge in [0, 0.05) is 37.1 Å². The fraction of sp³-hybridized carbons (Fsp3) is 0.667. The highest BCUT2D eigenvalue weighted by Crippen LogP contribution is 2.23. The second-order valence-electron chi connectivity index (χ2n) is 5.57. The first-order valence-corrected chi connectivity index (χ1v) is 8.55. The first-order valence-electron chi connectivity index (χ1n) is 7.67. The van der Waals surface area contributed by atoms with Crippen LogP contribution in [0.2, 0.25) is 0 Å². The number of hydrogen-bond acceptors (Lipinski definition) is 3. The molecule has 0 amide bonds. The lowest BCUT2D eigenvalue weighted by Crippen LogP contribution is -2.39. The van der Waals surface area contributed by atoms with Gasteiger partial charge >= 0.3 is 0 Å². The SMILES string of the molecule is CCNC(=NCCN1CCc2sccc2C1)NC1CC1. The van der Waals surface area contributed by atoms with Crippen molar-refractivity contribution in [3.63, 3.8) is 0 Å². The summed E-state index contributed by atoms with van der Waals surface area (Å²) in [6.45, 7) is 7.25. The van der Waals surface area contributed by atoms with Gasteiger partial charge in [-0.1, -0.05) is 0 Å². The predicted molar refractivity (Wildman–Crippen MR) is 85.4 cm³/mol. The van der Waals surface area contributed by atoms with Crippen LogP contribution in [0.1, 0.15) is 30.2 Å². The highest BCUT2D eigenvalue weighted by Gasteiger charge is 2.22. The molecular weight excluding hydrogens is 268 g/mol. The number of rotatable bonds is 5. The van der Waals surface area contributed by atoms with E-state index in [1.807, 2.05) is 11.3 Å². The number of guanidine groups is 1. The largest absolute Gasteiger partial charge is 0.357 e. The molecule has 4 nitrogen and oxygen atoms in total. The maximum atomic E-state index is 4.69. The molecule has 0 saturated heterocycles. The molecule has 1 aliphatic carbocycles. The van der Waals surface area contributed by atoms with Gasteiger partial charge in [0.15, 0.2) is 5.96 Å². The molecule has 1 aromatic heterocycles. The van der Waals surface area contributed by atoms with Gasteiger partial charge < -0.3 is 10.6 Å². The molecule has 0 atom stereocenters. The lowest BCUT2D eigenvalue weighted by Gasteiger charge is -2.26. The van der Waals surface area contributed by atoms with E-state index in [9.17, 15) is 0 Å². The minimum absolute atomic E-state index is 0.663. The monoisotopic (exact) mass is 292 g/mol. The Bertz CT molecular complexity index is 464. The first-order chi connectivity index (χ1) is 9.85. The van der Waals surface area contributed by atoms with E-state index in [0.29, 0.717) is 6.04 Å². The quantitative estimate of drug-likeness (QED) is 0.642. The Balaban J connectivity index is 1.46. The van der Waals surface area contributed by atoms with Crippen molar-refractivity contribution in [3.05, 3.63) is 21.9 Å². The van der Waals surface area contributed by atoms with Crippen LogP contribution >= 0.6 is 11.3 Å². The lowest BCUT2D eigenvalue weighted by atomic mass is 10.1. The maximum Gasteiger partial charge on any atom is 0.191 e. The number of thiophene rings is 1. The number of nitrogens with one attached hydrogen (secondary N) is 2. The van der Waals surface area contributed by atoms with Crippen molar-refractivity contribution < 1.29 is 0 Å². The van der Waals surface area contributed by atoms with Crippen molar-refractivity contribution in [2.24, 2.45) is 4.99 Å². The van der Waals surface area contributed by atoms with Crippen LogP contribution in [0.3, 0.4) is 0 Å². The van der Waals surface area contributed by atoms with Gasteiger partial charge in [-0.15, -0.1) is 11.3 Å². The predicted octanol–water partition coefficient (Wildman–Crippen LogP) is 1.82. The summed E-state index contributed by atoms with van der Waals surface area (Å²) >= 11 is 1.90. The molecule has 0 aromatic carbocycles. The van der Waals surface area contributed by atoms with E-state index in [-0.39, 0.29) is 0 Å². The van der Waals surface area contributed by atoms with E-state index in [1.165, 1.54) is 31.4 Å². The van der Waals surface area contributed by atoms with Crippen molar-refractivity contribution in [1.82, 2.24) is 15.5 Å². The molecular formula is C15H24N4S. The Morgan fingerprint density at radius 1 is 1.50 bits per heavy atom. The molecule has 1 aliphatic heterocycles. The molecule has 2 heterocycles. The molecule has 0 radical (unpaired) electrons. The van der Waals surface area contributed by atoms with Crippen LogP contribution in [0.5, 0.6) is 0 Å². The van der Waals surface area contributed by atoms with E-state index >= 15 is 0 Å². The summed E-state index contributed by atoms with van der Waals surface area (Å²) in [7, 11) is 0. The summed E-state index contributed by atoms with van der Waals surface area (Å²) in [5.74, 6) is 0.989. The third-order valence-corrected chi connectivity index (χ3v) is 4.86. The summed E-state index contributed by atoms with van der Waals surface area (Å²) < 4.78 is 0. The van der Waals surface area contributed by atoms with E-state index in [2.05, 4.69) is 38.9 Å². The van der Waals surface area contributed by atoms with Crippen LogP contribution in [0.4, 0.5) is 0 Å². The minimum atomic E-state index is 0.663. The van der Waals surface area contributed by atoms with Crippen LogP contribution in [0.25, 0.3) is 0 Å². The molecule has 3 rings (SSSR count). The van der Waals surface area contributed by atoms with Crippen molar-refractivity contribution in [3.8, 4) is 0 Å². The minimum Gasteiger partial charge on any atom is -0.357 e. The molecule has 1 saturated carbocycles. The molecule has 0 bridgehead atoms. The standard InChI is InChI=1S/C15H24N4S/c1-2-16-15(18-13-3-4-13)17-7-9-19-8-5-14-12(11-19)6-10-20-14/h6,10,13H,2-5,7-9,11H2,1H3,(H2,16,17,18). The van der Waals surface area contributed by atoms with Gasteiger partial charge in [0.05, 0.1) is 6.54 Å². The number of fused-ring (bicyclic) bond motifs is 1. The van der Waals surface area contributed by atoms with E-state index in [4.69, 9.17) is 0 Å². The second-order valence-corrected chi connectivity index (χ2v) is 6.58. The normalized spacial score (nSPS) is 19.8. The maximum absolute atomic E-state index is 4.69. The van der Waals surface area contributed by atoms with Gasteiger partial charge in [0.1, 0.15) is 0 Å². The van der Waals surface area contributed by atoms with E-state index in [1.54, 1.807) is 4.88 Å². The first kappa shape index (κ1) is 13.9. The van der Waals surface area contributed by atoms with Crippen molar-refractivity contribution in [1.29, 1.82) is 0 Å². The van der Waals surface area contributed by atoms with Gasteiger partial charge in [-0.25, -0.2) is 0 Å². The summed E-state index contributed by atoms with van der Waals surface area (Å²) in [5, 5.41) is 9.01. The van der Waals surface area contributed by atoms with E-state index < -0.39 is 0 Å². The molecule has 0 spiro atoms. The van der Waals surface area contributed by atoms with Gasteiger partial charge in [-0.2, -0.15) is 0 Å². The Labute approximate surface area is 125 Å². The molecule has 2 N–H and O–H groups in total. The highest BCUT2D eigenvalue weighted by molar-refractivity contribution is 7.10. The Kier molecular flexibility index (Phi) is 4.58. The molecule has 110 valence electrons. The Morgan fingerprint density at radius 3 is 3.20 bits per heavy atom. The molecule has 2 aliphatic rings. The fourth-order valence-electron chi connectivity index (χ4n) is 2.54. The zero-order chi connectivity index (χ0) is 13.8. The van der Waals surface area contributed by atoms with Gasteiger partial charge in [0.25, 0.3) is 0 Å².